The zero-order valence-electron chi connectivity index (χ0n) is 23.9. The maximum absolute atomic E-state index is 12.4. The van der Waals surface area contributed by atoms with Gasteiger partial charge < -0.3 is 9.84 Å². The van der Waals surface area contributed by atoms with Crippen molar-refractivity contribution in [1.29, 1.82) is 0 Å². The molecule has 0 bridgehead atoms. The van der Waals surface area contributed by atoms with Crippen molar-refractivity contribution in [2.24, 2.45) is 0 Å². The summed E-state index contributed by atoms with van der Waals surface area (Å²) in [6.45, 7) is 4.46. The first-order chi connectivity index (χ1) is 17.7. The maximum atomic E-state index is 12.4. The van der Waals surface area contributed by atoms with Crippen LogP contribution in [0.5, 0.6) is 5.75 Å². The van der Waals surface area contributed by atoms with Crippen LogP contribution in [0.15, 0.2) is 24.3 Å². The van der Waals surface area contributed by atoms with Crippen LogP contribution in [-0.2, 0) is 11.2 Å². The number of benzene rings is 1. The first kappa shape index (κ1) is 32.7. The van der Waals surface area contributed by atoms with Gasteiger partial charge in [0.15, 0.2) is 0 Å². The Morgan fingerprint density at radius 3 is 1.78 bits per heavy atom. The number of ether oxygens (including phenoxy) is 1. The molecule has 3 nitrogen and oxygen atoms in total. The SMILES string of the molecule is CCCCCCCCCc1ccccc1OC(=O)CCCCCCCCCCCC(O)CCCCC. The summed E-state index contributed by atoms with van der Waals surface area (Å²) in [5, 5.41) is 9.98. The van der Waals surface area contributed by atoms with E-state index in [1.807, 2.05) is 18.2 Å². The van der Waals surface area contributed by atoms with E-state index in [2.05, 4.69) is 19.9 Å². The van der Waals surface area contributed by atoms with Crippen LogP contribution < -0.4 is 4.74 Å². The Hall–Kier alpha value is -1.35. The normalized spacial score (nSPS) is 12.1. The molecule has 1 aromatic carbocycles. The first-order valence-electron chi connectivity index (χ1n) is 15.6. The summed E-state index contributed by atoms with van der Waals surface area (Å²) in [6.07, 6.45) is 26.9. The van der Waals surface area contributed by atoms with Crippen molar-refractivity contribution in [3.63, 3.8) is 0 Å². The van der Waals surface area contributed by atoms with Gasteiger partial charge in [-0.3, -0.25) is 4.79 Å². The fourth-order valence-electron chi connectivity index (χ4n) is 4.92. The Balaban J connectivity index is 2.01. The second kappa shape index (κ2) is 24.0. The molecule has 0 amide bonds. The topological polar surface area (TPSA) is 46.5 Å². The van der Waals surface area contributed by atoms with Crippen molar-refractivity contribution < 1.29 is 14.6 Å². The van der Waals surface area contributed by atoms with Crippen LogP contribution in [0.4, 0.5) is 0 Å². The number of hydrogen-bond acceptors (Lipinski definition) is 3. The average Bonchev–Trinajstić information content (AvgIpc) is 2.87. The Bertz CT molecular complexity index is 627. The summed E-state index contributed by atoms with van der Waals surface area (Å²) < 4.78 is 5.73. The second-order valence-electron chi connectivity index (χ2n) is 10.8. The molecule has 1 aromatic rings. The predicted octanol–water partition coefficient (Wildman–Crippen LogP) is 10.1. The quantitative estimate of drug-likeness (QED) is 0.0821. The van der Waals surface area contributed by atoms with E-state index in [0.29, 0.717) is 6.42 Å². The van der Waals surface area contributed by atoms with Crippen LogP contribution in [0.25, 0.3) is 0 Å². The molecular weight excluding hydrogens is 444 g/mol. The van der Waals surface area contributed by atoms with Gasteiger partial charge in [-0.15, -0.1) is 0 Å². The van der Waals surface area contributed by atoms with Gasteiger partial charge in [-0.05, 0) is 43.7 Å². The number of aryl methyl sites for hydroxylation is 1. The van der Waals surface area contributed by atoms with Gasteiger partial charge in [-0.2, -0.15) is 0 Å². The summed E-state index contributed by atoms with van der Waals surface area (Å²) in [5.74, 6) is 0.681. The minimum Gasteiger partial charge on any atom is -0.426 e. The summed E-state index contributed by atoms with van der Waals surface area (Å²) in [6, 6.07) is 8.07. The van der Waals surface area contributed by atoms with Crippen molar-refractivity contribution in [3.8, 4) is 5.75 Å². The molecule has 1 unspecified atom stereocenters. The van der Waals surface area contributed by atoms with Gasteiger partial charge >= 0.3 is 5.97 Å². The monoisotopic (exact) mass is 502 g/mol. The van der Waals surface area contributed by atoms with E-state index in [0.717, 1.165) is 44.3 Å². The number of hydrogen-bond donors (Lipinski definition) is 1. The molecule has 3 heteroatoms. The number of carbonyl (C=O) groups excluding carboxylic acids is 1. The molecule has 0 fully saturated rings. The molecule has 0 spiro atoms. The van der Waals surface area contributed by atoms with Gasteiger partial charge in [-0.1, -0.05) is 141 Å². The highest BCUT2D eigenvalue weighted by Gasteiger charge is 2.09. The van der Waals surface area contributed by atoms with Crippen molar-refractivity contribution in [2.75, 3.05) is 0 Å². The first-order valence-corrected chi connectivity index (χ1v) is 15.6. The minimum absolute atomic E-state index is 0.0816. The molecule has 1 rings (SSSR count). The van der Waals surface area contributed by atoms with Gasteiger partial charge in [0.05, 0.1) is 6.10 Å². The van der Waals surface area contributed by atoms with Crippen molar-refractivity contribution in [2.45, 2.75) is 168 Å². The molecule has 1 atom stereocenters. The van der Waals surface area contributed by atoms with Crippen LogP contribution in [0.3, 0.4) is 0 Å². The molecular formula is C33H58O3. The second-order valence-corrected chi connectivity index (χ2v) is 10.8. The number of unbranched alkanes of at least 4 members (excludes halogenated alkanes) is 16. The lowest BCUT2D eigenvalue weighted by Gasteiger charge is -2.10. The molecule has 36 heavy (non-hydrogen) atoms. The van der Waals surface area contributed by atoms with E-state index in [1.165, 1.54) is 108 Å². The molecule has 208 valence electrons. The van der Waals surface area contributed by atoms with E-state index in [9.17, 15) is 9.90 Å². The molecule has 0 aliphatic heterocycles. The highest BCUT2D eigenvalue weighted by atomic mass is 16.5. The third-order valence-corrected chi connectivity index (χ3v) is 7.31. The zero-order valence-corrected chi connectivity index (χ0v) is 23.9. The molecule has 0 aliphatic rings. The maximum Gasteiger partial charge on any atom is 0.311 e. The van der Waals surface area contributed by atoms with Gasteiger partial charge in [0, 0.05) is 6.42 Å². The van der Waals surface area contributed by atoms with E-state index in [1.54, 1.807) is 0 Å². The summed E-state index contributed by atoms with van der Waals surface area (Å²) in [5.41, 5.74) is 1.17. The molecule has 0 saturated heterocycles. The predicted molar refractivity (Wildman–Crippen MR) is 155 cm³/mol. The minimum atomic E-state index is -0.0844. The van der Waals surface area contributed by atoms with Gasteiger partial charge in [0.25, 0.3) is 0 Å². The van der Waals surface area contributed by atoms with Crippen LogP contribution in [0, 0.1) is 0 Å². The summed E-state index contributed by atoms with van der Waals surface area (Å²) in [7, 11) is 0. The Morgan fingerprint density at radius 2 is 1.14 bits per heavy atom. The molecule has 0 aliphatic carbocycles. The molecule has 0 radical (unpaired) electrons. The standard InChI is InChI=1S/C33H58O3/c1-3-5-7-8-12-15-19-24-30-25-22-23-28-32(30)36-33(35)29-21-17-14-11-9-10-13-16-20-27-31(34)26-18-6-4-2/h22-23,25,28,31,34H,3-21,24,26-27,29H2,1-2H3. The lowest BCUT2D eigenvalue weighted by atomic mass is 10.0. The van der Waals surface area contributed by atoms with Gasteiger partial charge in [0.1, 0.15) is 5.75 Å². The van der Waals surface area contributed by atoms with Crippen LogP contribution >= 0.6 is 0 Å². The largest absolute Gasteiger partial charge is 0.426 e. The van der Waals surface area contributed by atoms with E-state index in [4.69, 9.17) is 4.74 Å². The zero-order chi connectivity index (χ0) is 26.1. The average molecular weight is 503 g/mol. The molecule has 0 heterocycles. The Morgan fingerprint density at radius 1 is 0.667 bits per heavy atom. The lowest BCUT2D eigenvalue weighted by Crippen LogP contribution is -2.09. The van der Waals surface area contributed by atoms with E-state index >= 15 is 0 Å². The number of aliphatic hydroxyl groups excluding tert-OH is 1. The third-order valence-electron chi connectivity index (χ3n) is 7.31. The number of esters is 1. The highest BCUT2D eigenvalue weighted by Crippen LogP contribution is 2.22. The number of aliphatic hydroxyl groups is 1. The van der Waals surface area contributed by atoms with Gasteiger partial charge in [-0.25, -0.2) is 0 Å². The Labute approximate surface area is 223 Å². The van der Waals surface area contributed by atoms with Crippen LogP contribution in [0.2, 0.25) is 0 Å². The summed E-state index contributed by atoms with van der Waals surface area (Å²) in [4.78, 5) is 12.4. The number of carbonyl (C=O) groups is 1. The molecule has 0 aromatic heterocycles. The van der Waals surface area contributed by atoms with Gasteiger partial charge in [0.2, 0.25) is 0 Å². The molecule has 0 saturated carbocycles. The van der Waals surface area contributed by atoms with E-state index < -0.39 is 0 Å². The lowest BCUT2D eigenvalue weighted by molar-refractivity contribution is -0.134. The number of rotatable bonds is 25. The van der Waals surface area contributed by atoms with Crippen molar-refractivity contribution in [1.82, 2.24) is 0 Å². The van der Waals surface area contributed by atoms with Crippen LogP contribution in [0.1, 0.15) is 161 Å². The smallest absolute Gasteiger partial charge is 0.311 e. The fourth-order valence-corrected chi connectivity index (χ4v) is 4.92. The fraction of sp³-hybridized carbons (Fsp3) is 0.788. The highest BCUT2D eigenvalue weighted by molar-refractivity contribution is 5.72. The van der Waals surface area contributed by atoms with Crippen molar-refractivity contribution in [3.05, 3.63) is 29.8 Å². The summed E-state index contributed by atoms with van der Waals surface area (Å²) >= 11 is 0. The Kier molecular flexibility index (Phi) is 21.8. The van der Waals surface area contributed by atoms with Crippen LogP contribution in [-0.4, -0.2) is 17.2 Å². The van der Waals surface area contributed by atoms with Crippen molar-refractivity contribution >= 4 is 5.97 Å². The molecule has 1 N–H and O–H groups in total. The van der Waals surface area contributed by atoms with E-state index in [-0.39, 0.29) is 12.1 Å². The third kappa shape index (κ3) is 18.9. The number of para-hydroxylation sites is 1.